The molecule has 0 spiro atoms. The molecule has 0 N–H and O–H groups in total. The van der Waals surface area contributed by atoms with Crippen LogP contribution < -0.4 is 8.92 Å². The third-order valence-electron chi connectivity index (χ3n) is 4.18. The van der Waals surface area contributed by atoms with Crippen molar-refractivity contribution in [2.24, 2.45) is 4.99 Å². The molecule has 0 saturated carbocycles. The van der Waals surface area contributed by atoms with Gasteiger partial charge in [-0.2, -0.15) is 8.42 Å². The molecule has 0 unspecified atom stereocenters. The number of methoxy groups -OCH3 is 1. The van der Waals surface area contributed by atoms with Crippen molar-refractivity contribution in [1.82, 2.24) is 0 Å². The second kappa shape index (κ2) is 9.15. The topological polar surface area (TPSA) is 108 Å². The monoisotopic (exact) mass is 460 g/mol. The van der Waals surface area contributed by atoms with Crippen molar-refractivity contribution in [2.75, 3.05) is 7.11 Å². The van der Waals surface area contributed by atoms with E-state index in [1.807, 2.05) is 6.92 Å². The predicted octanol–water partition coefficient (Wildman–Crippen LogP) is 5.08. The van der Waals surface area contributed by atoms with Crippen LogP contribution in [0.4, 0.5) is 11.4 Å². The highest BCUT2D eigenvalue weighted by Gasteiger charge is 2.22. The number of nitrogens with zero attached hydrogens (tertiary/aromatic N) is 2. The van der Waals surface area contributed by atoms with Crippen molar-refractivity contribution in [3.63, 3.8) is 0 Å². The number of nitro groups is 1. The maximum absolute atomic E-state index is 12.6. The van der Waals surface area contributed by atoms with Crippen LogP contribution in [0, 0.1) is 17.0 Å². The number of benzene rings is 3. The van der Waals surface area contributed by atoms with E-state index >= 15 is 0 Å². The fourth-order valence-electron chi connectivity index (χ4n) is 2.57. The molecule has 0 bridgehead atoms. The molecule has 0 heterocycles. The summed E-state index contributed by atoms with van der Waals surface area (Å²) in [7, 11) is -2.76. The molecule has 3 rings (SSSR count). The van der Waals surface area contributed by atoms with E-state index in [0.717, 1.165) is 5.56 Å². The lowest BCUT2D eigenvalue weighted by Gasteiger charge is -2.13. The van der Waals surface area contributed by atoms with Crippen LogP contribution in [0.5, 0.6) is 11.5 Å². The number of halogens is 1. The predicted molar refractivity (Wildman–Crippen MR) is 117 cm³/mol. The Morgan fingerprint density at radius 2 is 1.71 bits per heavy atom. The molecule has 0 saturated heterocycles. The van der Waals surface area contributed by atoms with E-state index in [0.29, 0.717) is 11.3 Å². The summed E-state index contributed by atoms with van der Waals surface area (Å²) in [5.41, 5.74) is 1.87. The van der Waals surface area contributed by atoms with Crippen molar-refractivity contribution in [3.8, 4) is 11.5 Å². The van der Waals surface area contributed by atoms with Crippen LogP contribution >= 0.6 is 11.6 Å². The van der Waals surface area contributed by atoms with Crippen molar-refractivity contribution in [2.45, 2.75) is 11.8 Å². The standard InChI is InChI=1S/C21H17ClN2O6S/c1-14-3-9-18(10-4-14)31(27,28)30-21-19(22)11-15(12-20(21)29-2)13-23-16-5-7-17(8-6-16)24(25)26/h3-13H,1-2H3. The molecule has 3 aromatic rings. The van der Waals surface area contributed by atoms with Gasteiger partial charge in [-0.15, -0.1) is 0 Å². The summed E-state index contributed by atoms with van der Waals surface area (Å²) >= 11 is 6.26. The quantitative estimate of drug-likeness (QED) is 0.210. The van der Waals surface area contributed by atoms with Crippen LogP contribution in [0.15, 0.2) is 70.6 Å². The van der Waals surface area contributed by atoms with Gasteiger partial charge >= 0.3 is 10.1 Å². The molecule has 0 amide bonds. The molecule has 0 aliphatic rings. The summed E-state index contributed by atoms with van der Waals surface area (Å²) in [6.45, 7) is 1.84. The smallest absolute Gasteiger partial charge is 0.339 e. The van der Waals surface area contributed by atoms with Crippen LogP contribution in [0.3, 0.4) is 0 Å². The molecule has 0 radical (unpaired) electrons. The van der Waals surface area contributed by atoms with E-state index < -0.39 is 15.0 Å². The summed E-state index contributed by atoms with van der Waals surface area (Å²) in [6, 6.07) is 14.9. The van der Waals surface area contributed by atoms with Gasteiger partial charge in [0.15, 0.2) is 5.75 Å². The maximum Gasteiger partial charge on any atom is 0.339 e. The normalized spacial score (nSPS) is 11.5. The van der Waals surface area contributed by atoms with E-state index in [-0.39, 0.29) is 27.1 Å². The number of hydrogen-bond acceptors (Lipinski definition) is 7. The van der Waals surface area contributed by atoms with Gasteiger partial charge in [0.2, 0.25) is 5.75 Å². The first-order chi connectivity index (χ1) is 14.7. The van der Waals surface area contributed by atoms with Crippen molar-refractivity contribution in [3.05, 3.63) is 86.9 Å². The van der Waals surface area contributed by atoms with Crippen molar-refractivity contribution >= 4 is 39.3 Å². The highest BCUT2D eigenvalue weighted by Crippen LogP contribution is 2.38. The van der Waals surface area contributed by atoms with E-state index in [9.17, 15) is 18.5 Å². The Bertz CT molecular complexity index is 1240. The van der Waals surface area contributed by atoms with Gasteiger partial charge in [-0.1, -0.05) is 29.3 Å². The number of aryl methyl sites for hydroxylation is 1. The third-order valence-corrected chi connectivity index (χ3v) is 5.69. The number of hydrogen-bond donors (Lipinski definition) is 0. The highest BCUT2D eigenvalue weighted by molar-refractivity contribution is 7.87. The molecular weight excluding hydrogens is 444 g/mol. The van der Waals surface area contributed by atoms with Crippen LogP contribution in [0.25, 0.3) is 0 Å². The lowest BCUT2D eigenvalue weighted by atomic mass is 10.2. The second-order valence-electron chi connectivity index (χ2n) is 6.42. The molecule has 0 aromatic heterocycles. The molecule has 3 aromatic carbocycles. The van der Waals surface area contributed by atoms with Crippen molar-refractivity contribution < 1.29 is 22.3 Å². The number of ether oxygens (including phenoxy) is 1. The van der Waals surface area contributed by atoms with Gasteiger partial charge < -0.3 is 8.92 Å². The minimum atomic E-state index is -4.12. The summed E-state index contributed by atoms with van der Waals surface area (Å²) < 4.78 is 35.7. The van der Waals surface area contributed by atoms with Gasteiger partial charge in [0, 0.05) is 18.3 Å². The SMILES string of the molecule is COc1cc(C=Nc2ccc([N+](=O)[O-])cc2)cc(Cl)c1OS(=O)(=O)c1ccc(C)cc1. The zero-order chi connectivity index (χ0) is 22.6. The van der Waals surface area contributed by atoms with Gasteiger partial charge in [0.1, 0.15) is 4.90 Å². The Balaban J connectivity index is 1.87. The van der Waals surface area contributed by atoms with E-state index in [1.165, 1.54) is 61.9 Å². The molecule has 0 atom stereocenters. The molecule has 8 nitrogen and oxygen atoms in total. The number of rotatable bonds is 7. The maximum atomic E-state index is 12.6. The lowest BCUT2D eigenvalue weighted by molar-refractivity contribution is -0.384. The van der Waals surface area contributed by atoms with Gasteiger partial charge in [-0.25, -0.2) is 0 Å². The Morgan fingerprint density at radius 1 is 1.06 bits per heavy atom. The summed E-state index contributed by atoms with van der Waals surface area (Å²) in [4.78, 5) is 14.4. The molecule has 10 heteroatoms. The second-order valence-corrected chi connectivity index (χ2v) is 8.37. The fraction of sp³-hybridized carbons (Fsp3) is 0.0952. The molecule has 160 valence electrons. The molecule has 0 aliphatic carbocycles. The van der Waals surface area contributed by atoms with E-state index in [2.05, 4.69) is 4.99 Å². The lowest BCUT2D eigenvalue weighted by Crippen LogP contribution is -2.11. The Labute approximate surface area is 184 Å². The van der Waals surface area contributed by atoms with Crippen LogP contribution in [-0.2, 0) is 10.1 Å². The van der Waals surface area contributed by atoms with E-state index in [4.69, 9.17) is 20.5 Å². The van der Waals surface area contributed by atoms with Gasteiger partial charge in [0.25, 0.3) is 5.69 Å². The largest absolute Gasteiger partial charge is 0.493 e. The highest BCUT2D eigenvalue weighted by atomic mass is 35.5. The number of aliphatic imine (C=N–C) groups is 1. The van der Waals surface area contributed by atoms with Crippen LogP contribution in [0.2, 0.25) is 5.02 Å². The van der Waals surface area contributed by atoms with Crippen LogP contribution in [-0.4, -0.2) is 26.7 Å². The number of nitro benzene ring substituents is 1. The first-order valence-electron chi connectivity index (χ1n) is 8.87. The molecule has 0 aliphatic heterocycles. The average Bonchev–Trinajstić information content (AvgIpc) is 2.74. The third kappa shape index (κ3) is 5.39. The average molecular weight is 461 g/mol. The first-order valence-corrected chi connectivity index (χ1v) is 10.7. The first kappa shape index (κ1) is 22.3. The van der Waals surface area contributed by atoms with Gasteiger partial charge in [0.05, 0.1) is 22.7 Å². The minimum Gasteiger partial charge on any atom is -0.493 e. The Morgan fingerprint density at radius 3 is 2.29 bits per heavy atom. The zero-order valence-corrected chi connectivity index (χ0v) is 18.1. The van der Waals surface area contributed by atoms with Gasteiger partial charge in [-0.3, -0.25) is 15.1 Å². The molecular formula is C21H17ClN2O6S. The molecule has 0 fully saturated rings. The Kier molecular flexibility index (Phi) is 6.57. The Hall–Kier alpha value is -3.43. The summed E-state index contributed by atoms with van der Waals surface area (Å²) in [6.07, 6.45) is 1.47. The number of non-ortho nitro benzene ring substituents is 1. The van der Waals surface area contributed by atoms with Crippen molar-refractivity contribution in [1.29, 1.82) is 0 Å². The van der Waals surface area contributed by atoms with Gasteiger partial charge in [-0.05, 0) is 48.9 Å². The van der Waals surface area contributed by atoms with Crippen LogP contribution in [0.1, 0.15) is 11.1 Å². The molecule has 31 heavy (non-hydrogen) atoms. The zero-order valence-electron chi connectivity index (χ0n) is 16.5. The van der Waals surface area contributed by atoms with E-state index in [1.54, 1.807) is 12.1 Å². The fourth-order valence-corrected chi connectivity index (χ4v) is 3.83. The minimum absolute atomic E-state index is 0.0139. The summed E-state index contributed by atoms with van der Waals surface area (Å²) in [5, 5.41) is 10.7. The summed E-state index contributed by atoms with van der Waals surface area (Å²) in [5.74, 6) is -0.0365.